The van der Waals surface area contributed by atoms with Gasteiger partial charge in [-0.1, -0.05) is 29.3 Å². The number of amides is 1. The van der Waals surface area contributed by atoms with Crippen LogP contribution in [0.5, 0.6) is 0 Å². The Kier molecular flexibility index (Phi) is 4.51. The number of benzene rings is 1. The molecule has 0 atom stereocenters. The van der Waals surface area contributed by atoms with E-state index in [0.717, 1.165) is 29.5 Å². The molecule has 4 rings (SSSR count). The van der Waals surface area contributed by atoms with Crippen molar-refractivity contribution >= 4 is 40.4 Å². The third-order valence-corrected chi connectivity index (χ3v) is 5.18. The normalized spacial score (nSPS) is 14.9. The first-order valence-electron chi connectivity index (χ1n) is 8.47. The number of fused-ring (bicyclic) bond motifs is 1. The molecule has 1 aliphatic rings. The van der Waals surface area contributed by atoms with Gasteiger partial charge in [-0.2, -0.15) is 0 Å². The highest BCUT2D eigenvalue weighted by Crippen LogP contribution is 2.22. The minimum Gasteiger partial charge on any atom is -0.368 e. The summed E-state index contributed by atoms with van der Waals surface area (Å²) in [6, 6.07) is 11.3. The molecule has 3 aromatic rings. The summed E-state index contributed by atoms with van der Waals surface area (Å²) >= 11 is 12.1. The number of carbonyl (C=O) groups excluding carboxylic acids is 1. The van der Waals surface area contributed by atoms with Crippen LogP contribution >= 0.6 is 23.2 Å². The van der Waals surface area contributed by atoms with E-state index in [1.165, 1.54) is 0 Å². The fourth-order valence-electron chi connectivity index (χ4n) is 3.39. The summed E-state index contributed by atoms with van der Waals surface area (Å²) in [7, 11) is 0. The molecular weight excluding hydrogens is 371 g/mol. The van der Waals surface area contributed by atoms with Crippen molar-refractivity contribution in [2.75, 3.05) is 31.1 Å². The van der Waals surface area contributed by atoms with Crippen LogP contribution in [-0.2, 0) is 0 Å². The van der Waals surface area contributed by atoms with Crippen LogP contribution in [0.25, 0.3) is 5.65 Å². The summed E-state index contributed by atoms with van der Waals surface area (Å²) in [6.45, 7) is 4.72. The predicted octanol–water partition coefficient (Wildman–Crippen LogP) is 3.91. The molecule has 134 valence electrons. The Labute approximate surface area is 161 Å². The van der Waals surface area contributed by atoms with Crippen molar-refractivity contribution in [2.45, 2.75) is 6.92 Å². The molecule has 0 saturated carbocycles. The molecule has 0 aliphatic carbocycles. The number of pyridine rings is 1. The van der Waals surface area contributed by atoms with Crippen LogP contribution in [0.15, 0.2) is 42.6 Å². The lowest BCUT2D eigenvalue weighted by molar-refractivity contribution is 0.0739. The summed E-state index contributed by atoms with van der Waals surface area (Å²) in [5, 5.41) is 1.33. The lowest BCUT2D eigenvalue weighted by Crippen LogP contribution is -2.49. The molecule has 0 bridgehead atoms. The van der Waals surface area contributed by atoms with Crippen molar-refractivity contribution in [1.29, 1.82) is 0 Å². The number of hydrogen-bond acceptors (Lipinski definition) is 3. The number of aromatic nitrogens is 2. The Morgan fingerprint density at radius 2 is 1.77 bits per heavy atom. The van der Waals surface area contributed by atoms with Crippen LogP contribution in [0.1, 0.15) is 16.2 Å². The average molecular weight is 389 g/mol. The lowest BCUT2D eigenvalue weighted by Gasteiger charge is -2.36. The van der Waals surface area contributed by atoms with Gasteiger partial charge in [-0.3, -0.25) is 9.20 Å². The van der Waals surface area contributed by atoms with Gasteiger partial charge in [0.15, 0.2) is 0 Å². The first kappa shape index (κ1) is 17.2. The fraction of sp³-hybridized carbons (Fsp3) is 0.263. The van der Waals surface area contributed by atoms with Crippen molar-refractivity contribution in [3.63, 3.8) is 0 Å². The molecule has 1 aliphatic heterocycles. The fourth-order valence-corrected chi connectivity index (χ4v) is 3.72. The van der Waals surface area contributed by atoms with Gasteiger partial charge in [0.2, 0.25) is 0 Å². The summed E-state index contributed by atoms with van der Waals surface area (Å²) in [5.74, 6) is 0.00284. The number of halogens is 2. The van der Waals surface area contributed by atoms with E-state index >= 15 is 0 Å². The molecule has 3 heterocycles. The predicted molar refractivity (Wildman–Crippen MR) is 105 cm³/mol. The molecule has 0 spiro atoms. The second kappa shape index (κ2) is 6.82. The third-order valence-electron chi connectivity index (χ3n) is 4.71. The maximum atomic E-state index is 13.1. The van der Waals surface area contributed by atoms with E-state index in [2.05, 4.69) is 9.88 Å². The molecule has 0 unspecified atom stereocenters. The number of piperazine rings is 1. The van der Waals surface area contributed by atoms with E-state index in [1.54, 1.807) is 18.3 Å². The molecule has 7 heteroatoms. The molecule has 1 fully saturated rings. The van der Waals surface area contributed by atoms with Gasteiger partial charge in [0.1, 0.15) is 11.3 Å². The maximum Gasteiger partial charge on any atom is 0.272 e. The largest absolute Gasteiger partial charge is 0.368 e. The van der Waals surface area contributed by atoms with Crippen LogP contribution in [0, 0.1) is 6.92 Å². The van der Waals surface area contributed by atoms with E-state index in [-0.39, 0.29) is 5.91 Å². The molecule has 2 aromatic heterocycles. The van der Waals surface area contributed by atoms with E-state index in [9.17, 15) is 4.79 Å². The highest BCUT2D eigenvalue weighted by molar-refractivity contribution is 6.31. The van der Waals surface area contributed by atoms with Gasteiger partial charge in [0, 0.05) is 54.2 Å². The zero-order chi connectivity index (χ0) is 18.3. The molecule has 1 amide bonds. The second-order valence-electron chi connectivity index (χ2n) is 6.38. The lowest BCUT2D eigenvalue weighted by atomic mass is 10.2. The van der Waals surface area contributed by atoms with Crippen LogP contribution < -0.4 is 4.90 Å². The number of imidazole rings is 1. The minimum absolute atomic E-state index is 0.00284. The smallest absolute Gasteiger partial charge is 0.272 e. The van der Waals surface area contributed by atoms with Crippen LogP contribution in [-0.4, -0.2) is 46.4 Å². The molecular formula is C19H18Cl2N4O. The van der Waals surface area contributed by atoms with Gasteiger partial charge >= 0.3 is 0 Å². The molecule has 1 aromatic carbocycles. The van der Waals surface area contributed by atoms with Crippen molar-refractivity contribution in [3.8, 4) is 0 Å². The molecule has 0 radical (unpaired) electrons. The van der Waals surface area contributed by atoms with Gasteiger partial charge in [0.25, 0.3) is 5.91 Å². The SMILES string of the molecule is Cc1nc2cc(Cl)ccn2c1C(=O)N1CCN(c2cccc(Cl)c2)CC1. The zero-order valence-corrected chi connectivity index (χ0v) is 15.8. The van der Waals surface area contributed by atoms with Crippen molar-refractivity contribution in [2.24, 2.45) is 0 Å². The average Bonchev–Trinajstić information content (AvgIpc) is 2.96. The zero-order valence-electron chi connectivity index (χ0n) is 14.3. The van der Waals surface area contributed by atoms with Crippen molar-refractivity contribution in [3.05, 3.63) is 64.0 Å². The summed E-state index contributed by atoms with van der Waals surface area (Å²) in [4.78, 5) is 21.7. The van der Waals surface area contributed by atoms with E-state index < -0.39 is 0 Å². The molecule has 0 N–H and O–H groups in total. The first-order valence-corrected chi connectivity index (χ1v) is 9.22. The Morgan fingerprint density at radius 3 is 2.50 bits per heavy atom. The van der Waals surface area contributed by atoms with Crippen LogP contribution in [0.4, 0.5) is 5.69 Å². The first-order chi connectivity index (χ1) is 12.5. The number of anilines is 1. The summed E-state index contributed by atoms with van der Waals surface area (Å²) in [5.41, 5.74) is 3.10. The Balaban J connectivity index is 1.53. The van der Waals surface area contributed by atoms with Crippen molar-refractivity contribution in [1.82, 2.24) is 14.3 Å². The molecule has 1 saturated heterocycles. The second-order valence-corrected chi connectivity index (χ2v) is 7.25. The number of rotatable bonds is 2. The van der Waals surface area contributed by atoms with E-state index in [1.807, 2.05) is 40.5 Å². The monoisotopic (exact) mass is 388 g/mol. The molecule has 26 heavy (non-hydrogen) atoms. The Morgan fingerprint density at radius 1 is 1.04 bits per heavy atom. The third kappa shape index (κ3) is 3.13. The van der Waals surface area contributed by atoms with E-state index in [0.29, 0.717) is 29.5 Å². The maximum absolute atomic E-state index is 13.1. The quantitative estimate of drug-likeness (QED) is 0.667. The summed E-state index contributed by atoms with van der Waals surface area (Å²) in [6.07, 6.45) is 1.80. The highest BCUT2D eigenvalue weighted by atomic mass is 35.5. The van der Waals surface area contributed by atoms with Crippen LogP contribution in [0.3, 0.4) is 0 Å². The standard InChI is InChI=1S/C19H18Cl2N4O/c1-13-18(25-6-5-15(21)12-17(25)22-13)19(26)24-9-7-23(8-10-24)16-4-2-3-14(20)11-16/h2-6,11-12H,7-10H2,1H3. The number of hydrogen-bond donors (Lipinski definition) is 0. The van der Waals surface area contributed by atoms with Gasteiger partial charge in [-0.05, 0) is 31.2 Å². The highest BCUT2D eigenvalue weighted by Gasteiger charge is 2.26. The van der Waals surface area contributed by atoms with Crippen molar-refractivity contribution < 1.29 is 4.79 Å². The Bertz CT molecular complexity index is 977. The van der Waals surface area contributed by atoms with E-state index in [4.69, 9.17) is 23.2 Å². The Hall–Kier alpha value is -2.24. The van der Waals surface area contributed by atoms with Gasteiger partial charge in [-0.25, -0.2) is 4.98 Å². The van der Waals surface area contributed by atoms with Gasteiger partial charge in [-0.15, -0.1) is 0 Å². The van der Waals surface area contributed by atoms with Gasteiger partial charge < -0.3 is 9.80 Å². The number of carbonyl (C=O) groups is 1. The van der Waals surface area contributed by atoms with Gasteiger partial charge in [0.05, 0.1) is 5.69 Å². The topological polar surface area (TPSA) is 40.9 Å². The number of nitrogens with zero attached hydrogens (tertiary/aromatic N) is 4. The minimum atomic E-state index is 0.00284. The van der Waals surface area contributed by atoms with Crippen LogP contribution in [0.2, 0.25) is 10.0 Å². The molecule has 5 nitrogen and oxygen atoms in total. The summed E-state index contributed by atoms with van der Waals surface area (Å²) < 4.78 is 1.81. The number of aryl methyl sites for hydroxylation is 1.